The third kappa shape index (κ3) is 3.89. The van der Waals surface area contributed by atoms with Gasteiger partial charge in [-0.05, 0) is 49.9 Å². The molecule has 0 unspecified atom stereocenters. The molecule has 6 nitrogen and oxygen atoms in total. The van der Waals surface area contributed by atoms with Crippen molar-refractivity contribution in [2.45, 2.75) is 31.5 Å². The molecule has 0 aliphatic heterocycles. The Kier molecular flexibility index (Phi) is 5.01. The van der Waals surface area contributed by atoms with Gasteiger partial charge in [-0.25, -0.2) is 0 Å². The molecule has 2 N–H and O–H groups in total. The molecule has 1 aliphatic carbocycles. The van der Waals surface area contributed by atoms with E-state index in [4.69, 9.17) is 4.74 Å². The number of nitrogens with one attached hydrogen (secondary N) is 1. The van der Waals surface area contributed by atoms with Crippen LogP contribution in [0, 0.1) is 5.92 Å². The number of ether oxygens (including phenoxy) is 1. The Morgan fingerprint density at radius 3 is 2.63 bits per heavy atom. The summed E-state index contributed by atoms with van der Waals surface area (Å²) in [6.07, 6.45) is 0.193. The maximum Gasteiger partial charge on any atom is 0.416 e. The SMILES string of the molecule is COc1cc(C(F)(F)F)ccc1-c1nnc(NCC2CC(C)(O)C2)c2cnccc12. The van der Waals surface area contributed by atoms with Gasteiger partial charge in [-0.15, -0.1) is 10.2 Å². The summed E-state index contributed by atoms with van der Waals surface area (Å²) in [6.45, 7) is 2.45. The number of benzene rings is 1. The van der Waals surface area contributed by atoms with Gasteiger partial charge in [0, 0.05) is 35.3 Å². The molecule has 1 aromatic carbocycles. The first-order valence-corrected chi connectivity index (χ1v) is 9.50. The van der Waals surface area contributed by atoms with Crippen LogP contribution >= 0.6 is 0 Å². The van der Waals surface area contributed by atoms with Gasteiger partial charge >= 0.3 is 6.18 Å². The fourth-order valence-electron chi connectivity index (χ4n) is 3.96. The molecule has 3 aromatic rings. The lowest BCUT2D eigenvalue weighted by Crippen LogP contribution is -2.43. The quantitative estimate of drug-likeness (QED) is 0.643. The number of halogens is 3. The van der Waals surface area contributed by atoms with Gasteiger partial charge in [0.25, 0.3) is 0 Å². The zero-order valence-electron chi connectivity index (χ0n) is 16.5. The van der Waals surface area contributed by atoms with Crippen molar-refractivity contribution in [1.82, 2.24) is 15.2 Å². The van der Waals surface area contributed by atoms with E-state index in [0.29, 0.717) is 53.2 Å². The van der Waals surface area contributed by atoms with Crippen molar-refractivity contribution >= 4 is 16.6 Å². The second-order valence-electron chi connectivity index (χ2n) is 7.88. The lowest BCUT2D eigenvalue weighted by atomic mass is 9.72. The van der Waals surface area contributed by atoms with E-state index in [-0.39, 0.29) is 5.75 Å². The van der Waals surface area contributed by atoms with Gasteiger partial charge < -0.3 is 15.2 Å². The third-order valence-corrected chi connectivity index (χ3v) is 5.38. The number of rotatable bonds is 5. The minimum absolute atomic E-state index is 0.0645. The molecule has 0 saturated heterocycles. The number of nitrogens with zero attached hydrogens (tertiary/aromatic N) is 3. The zero-order chi connectivity index (χ0) is 21.5. The molecule has 2 heterocycles. The van der Waals surface area contributed by atoms with Crippen LogP contribution in [0.15, 0.2) is 36.7 Å². The van der Waals surface area contributed by atoms with Crippen molar-refractivity contribution in [3.63, 3.8) is 0 Å². The summed E-state index contributed by atoms with van der Waals surface area (Å²) in [7, 11) is 1.32. The minimum atomic E-state index is -4.47. The van der Waals surface area contributed by atoms with Gasteiger partial charge in [-0.1, -0.05) is 0 Å². The lowest BCUT2D eigenvalue weighted by Gasteiger charge is -2.41. The number of alkyl halides is 3. The Bertz CT molecular complexity index is 1080. The summed E-state index contributed by atoms with van der Waals surface area (Å²) in [5, 5.41) is 23.1. The second kappa shape index (κ2) is 7.39. The molecule has 1 saturated carbocycles. The van der Waals surface area contributed by atoms with Crippen LogP contribution in [-0.2, 0) is 6.18 Å². The highest BCUT2D eigenvalue weighted by Crippen LogP contribution is 2.40. The Labute approximate surface area is 171 Å². The molecule has 9 heteroatoms. The number of aliphatic hydroxyl groups is 1. The van der Waals surface area contributed by atoms with Gasteiger partial charge in [-0.2, -0.15) is 13.2 Å². The van der Waals surface area contributed by atoms with E-state index in [9.17, 15) is 18.3 Å². The Hall–Kier alpha value is -2.94. The molecule has 0 bridgehead atoms. The van der Waals surface area contributed by atoms with Crippen molar-refractivity contribution in [3.05, 3.63) is 42.2 Å². The second-order valence-corrected chi connectivity index (χ2v) is 7.88. The predicted molar refractivity (Wildman–Crippen MR) is 106 cm³/mol. The van der Waals surface area contributed by atoms with Crippen LogP contribution in [0.5, 0.6) is 5.75 Å². The molecule has 30 heavy (non-hydrogen) atoms. The molecule has 1 aliphatic rings. The van der Waals surface area contributed by atoms with Crippen LogP contribution in [0.3, 0.4) is 0 Å². The number of pyridine rings is 1. The van der Waals surface area contributed by atoms with E-state index < -0.39 is 17.3 Å². The normalized spacial score (nSPS) is 21.3. The molecule has 0 radical (unpaired) electrons. The van der Waals surface area contributed by atoms with Crippen LogP contribution in [0.2, 0.25) is 0 Å². The van der Waals surface area contributed by atoms with Crippen molar-refractivity contribution in [3.8, 4) is 17.0 Å². The van der Waals surface area contributed by atoms with Gasteiger partial charge in [0.05, 0.1) is 18.3 Å². The van der Waals surface area contributed by atoms with E-state index in [1.165, 1.54) is 13.2 Å². The number of aromatic nitrogens is 3. The number of fused-ring (bicyclic) bond motifs is 1. The van der Waals surface area contributed by atoms with Gasteiger partial charge in [0.2, 0.25) is 0 Å². The van der Waals surface area contributed by atoms with Gasteiger partial charge in [0.15, 0.2) is 5.82 Å². The first kappa shape index (κ1) is 20.3. The fraction of sp³-hybridized carbons (Fsp3) is 0.381. The maximum atomic E-state index is 13.1. The first-order chi connectivity index (χ1) is 14.2. The highest BCUT2D eigenvalue weighted by Gasteiger charge is 2.38. The number of anilines is 1. The number of hydrogen-bond donors (Lipinski definition) is 2. The summed E-state index contributed by atoms with van der Waals surface area (Å²) in [6, 6.07) is 5.05. The van der Waals surface area contributed by atoms with Crippen LogP contribution in [0.25, 0.3) is 22.0 Å². The van der Waals surface area contributed by atoms with E-state index in [2.05, 4.69) is 20.5 Å². The van der Waals surface area contributed by atoms with Gasteiger partial charge in [0.1, 0.15) is 11.4 Å². The van der Waals surface area contributed by atoms with E-state index >= 15 is 0 Å². The van der Waals surface area contributed by atoms with E-state index in [1.807, 2.05) is 6.92 Å². The lowest BCUT2D eigenvalue weighted by molar-refractivity contribution is -0.137. The Balaban J connectivity index is 1.69. The fourth-order valence-corrected chi connectivity index (χ4v) is 3.96. The molecule has 0 amide bonds. The molecular formula is C21H21F3N4O2. The molecular weight excluding hydrogens is 397 g/mol. The van der Waals surface area contributed by atoms with Crippen LogP contribution in [0.1, 0.15) is 25.3 Å². The van der Waals surface area contributed by atoms with Crippen molar-refractivity contribution in [2.75, 3.05) is 19.0 Å². The average Bonchev–Trinajstić information content (AvgIpc) is 2.69. The Morgan fingerprint density at radius 1 is 1.20 bits per heavy atom. The first-order valence-electron chi connectivity index (χ1n) is 9.50. The van der Waals surface area contributed by atoms with Crippen molar-refractivity contribution < 1.29 is 23.0 Å². The molecule has 158 valence electrons. The topological polar surface area (TPSA) is 80.2 Å². The summed E-state index contributed by atoms with van der Waals surface area (Å²) < 4.78 is 44.4. The van der Waals surface area contributed by atoms with Gasteiger partial charge in [-0.3, -0.25) is 4.98 Å². The summed E-state index contributed by atoms with van der Waals surface area (Å²) in [5.74, 6) is 0.942. The summed E-state index contributed by atoms with van der Waals surface area (Å²) in [4.78, 5) is 4.15. The van der Waals surface area contributed by atoms with Crippen LogP contribution in [0.4, 0.5) is 19.0 Å². The summed E-state index contributed by atoms with van der Waals surface area (Å²) in [5.41, 5.74) is -0.576. The number of hydrogen-bond acceptors (Lipinski definition) is 6. The summed E-state index contributed by atoms with van der Waals surface area (Å²) >= 11 is 0. The zero-order valence-corrected chi connectivity index (χ0v) is 16.5. The molecule has 0 spiro atoms. The standard InChI is InChI=1S/C21H21F3N4O2/c1-20(29)8-12(9-20)10-26-19-16-11-25-6-5-14(16)18(27-28-19)15-4-3-13(21(22,23)24)7-17(15)30-2/h3-7,11-12,29H,8-10H2,1-2H3,(H,26,28). The number of methoxy groups -OCH3 is 1. The third-order valence-electron chi connectivity index (χ3n) is 5.38. The molecule has 0 atom stereocenters. The van der Waals surface area contributed by atoms with E-state index in [0.717, 1.165) is 12.1 Å². The van der Waals surface area contributed by atoms with Crippen molar-refractivity contribution in [1.29, 1.82) is 0 Å². The van der Waals surface area contributed by atoms with Crippen molar-refractivity contribution in [2.24, 2.45) is 5.92 Å². The highest BCUT2D eigenvalue weighted by atomic mass is 19.4. The highest BCUT2D eigenvalue weighted by molar-refractivity contribution is 6.00. The minimum Gasteiger partial charge on any atom is -0.496 e. The largest absolute Gasteiger partial charge is 0.496 e. The maximum absolute atomic E-state index is 13.1. The molecule has 1 fully saturated rings. The van der Waals surface area contributed by atoms with Crippen LogP contribution < -0.4 is 10.1 Å². The van der Waals surface area contributed by atoms with Crippen LogP contribution in [-0.4, -0.2) is 39.5 Å². The van der Waals surface area contributed by atoms with E-state index in [1.54, 1.807) is 18.5 Å². The predicted octanol–water partition coefficient (Wildman–Crippen LogP) is 4.29. The molecule has 4 rings (SSSR count). The monoisotopic (exact) mass is 418 g/mol. The Morgan fingerprint density at radius 2 is 1.97 bits per heavy atom. The smallest absolute Gasteiger partial charge is 0.416 e. The molecule has 2 aromatic heterocycles. The average molecular weight is 418 g/mol.